The van der Waals surface area contributed by atoms with Crippen LogP contribution in [0.3, 0.4) is 0 Å². The molecule has 1 heterocycles. The number of allylic oxidation sites excluding steroid dienone is 4. The van der Waals surface area contributed by atoms with E-state index in [0.29, 0.717) is 12.1 Å². The number of nitrogens with zero attached hydrogens (tertiary/aromatic N) is 1. The van der Waals surface area contributed by atoms with E-state index in [1.54, 1.807) is 32.9 Å². The molecule has 0 aromatic carbocycles. The highest BCUT2D eigenvalue weighted by atomic mass is 79.9. The Kier molecular flexibility index (Phi) is 6.63. The SMILES string of the molecule is C[C@H]1C[C@H]2[C@@H]3C[C@H](F)C4=CC(=NOCc5cc(Br)cs5)C=C[C@]4(C)[C@@]3(F)[C@@H](O)C[C@]2(C)[C@@]1(O)C(=O)CO. The number of carbonyl (C=O) groups excluding carboxylic acids is 1. The summed E-state index contributed by atoms with van der Waals surface area (Å²) in [5.74, 6) is -2.79. The fourth-order valence-corrected chi connectivity index (χ4v) is 9.28. The molecular formula is C27H32BrF2NO5S. The first-order valence-corrected chi connectivity index (χ1v) is 14.2. The summed E-state index contributed by atoms with van der Waals surface area (Å²) in [6.07, 6.45) is 1.55. The number of rotatable bonds is 5. The highest BCUT2D eigenvalue weighted by Crippen LogP contribution is 2.70. The second kappa shape index (κ2) is 9.05. The Hall–Kier alpha value is -1.46. The number of Topliss-reactive ketones (excluding diaryl/α,β-unsaturated/α-hetero) is 1. The third-order valence-electron chi connectivity index (χ3n) is 9.79. The van der Waals surface area contributed by atoms with Crippen LogP contribution >= 0.6 is 27.3 Å². The summed E-state index contributed by atoms with van der Waals surface area (Å²) in [6.45, 7) is 4.37. The Balaban J connectivity index is 1.47. The maximum Gasteiger partial charge on any atom is 0.190 e. The molecule has 0 unspecified atom stereocenters. The van der Waals surface area contributed by atoms with Gasteiger partial charge in [-0.1, -0.05) is 25.1 Å². The van der Waals surface area contributed by atoms with E-state index < -0.39 is 64.5 Å². The Morgan fingerprint density at radius 2 is 2.05 bits per heavy atom. The summed E-state index contributed by atoms with van der Waals surface area (Å²) in [4.78, 5) is 19.1. The molecule has 0 radical (unpaired) electrons. The van der Waals surface area contributed by atoms with E-state index in [-0.39, 0.29) is 25.0 Å². The molecule has 0 spiro atoms. The van der Waals surface area contributed by atoms with Crippen LogP contribution < -0.4 is 0 Å². The molecule has 202 valence electrons. The Labute approximate surface area is 227 Å². The van der Waals surface area contributed by atoms with Gasteiger partial charge in [0.2, 0.25) is 0 Å². The van der Waals surface area contributed by atoms with Crippen LogP contribution in [-0.2, 0) is 16.2 Å². The zero-order valence-corrected chi connectivity index (χ0v) is 23.4. The number of aliphatic hydroxyl groups excluding tert-OH is 2. The van der Waals surface area contributed by atoms with Crippen molar-refractivity contribution in [1.82, 2.24) is 0 Å². The molecule has 1 aromatic rings. The molecule has 3 fully saturated rings. The number of oxime groups is 1. The van der Waals surface area contributed by atoms with Crippen LogP contribution in [0, 0.1) is 28.6 Å². The molecule has 3 saturated carbocycles. The molecule has 0 amide bonds. The quantitative estimate of drug-likeness (QED) is 0.427. The van der Waals surface area contributed by atoms with Crippen molar-refractivity contribution in [3.8, 4) is 0 Å². The van der Waals surface area contributed by atoms with Gasteiger partial charge in [-0.3, -0.25) is 4.79 Å². The van der Waals surface area contributed by atoms with Crippen LogP contribution in [0.2, 0.25) is 0 Å². The number of hydrogen-bond acceptors (Lipinski definition) is 7. The van der Waals surface area contributed by atoms with Crippen LogP contribution in [0.1, 0.15) is 44.9 Å². The first-order chi connectivity index (χ1) is 17.3. The van der Waals surface area contributed by atoms with Crippen LogP contribution in [-0.4, -0.2) is 57.0 Å². The number of thiophene rings is 1. The molecular weight excluding hydrogens is 568 g/mol. The normalized spacial score (nSPS) is 45.7. The lowest BCUT2D eigenvalue weighted by molar-refractivity contribution is -0.223. The number of hydrogen-bond donors (Lipinski definition) is 3. The number of carbonyl (C=O) groups is 1. The van der Waals surface area contributed by atoms with E-state index in [9.17, 15) is 20.1 Å². The van der Waals surface area contributed by atoms with Gasteiger partial charge in [0.05, 0.1) is 6.10 Å². The number of halogens is 3. The molecule has 10 heteroatoms. The van der Waals surface area contributed by atoms with Gasteiger partial charge in [-0.2, -0.15) is 0 Å². The Bertz CT molecular complexity index is 1200. The summed E-state index contributed by atoms with van der Waals surface area (Å²) in [7, 11) is 0. The van der Waals surface area contributed by atoms with E-state index >= 15 is 8.78 Å². The van der Waals surface area contributed by atoms with Gasteiger partial charge in [-0.15, -0.1) is 11.3 Å². The predicted molar refractivity (Wildman–Crippen MR) is 139 cm³/mol. The highest BCUT2D eigenvalue weighted by Gasteiger charge is 2.76. The summed E-state index contributed by atoms with van der Waals surface area (Å²) in [5, 5.41) is 38.5. The Morgan fingerprint density at radius 3 is 2.70 bits per heavy atom. The van der Waals surface area contributed by atoms with Crippen molar-refractivity contribution in [2.45, 2.75) is 70.2 Å². The van der Waals surface area contributed by atoms with Crippen LogP contribution in [0.4, 0.5) is 8.78 Å². The third kappa shape index (κ3) is 3.62. The number of alkyl halides is 2. The lowest BCUT2D eigenvalue weighted by Crippen LogP contribution is -2.70. The van der Waals surface area contributed by atoms with E-state index in [2.05, 4.69) is 21.1 Å². The minimum absolute atomic E-state index is 0.175. The van der Waals surface area contributed by atoms with Gasteiger partial charge in [0.1, 0.15) is 24.1 Å². The second-order valence-corrected chi connectivity index (χ2v) is 13.4. The molecule has 0 aliphatic heterocycles. The maximum absolute atomic E-state index is 17.4. The standard InChI is InChI=1S/C27H32BrF2NO5S/c1-14-6-18-19-9-21(29)20-8-16(31-36-12-17-7-15(28)13-37-17)4-5-24(20,2)26(19,30)22(33)10-25(18,3)27(14,35)23(34)11-32/h4-5,7-8,13-14,18-19,21-22,32-33,35H,6,9-12H2,1-3H3/t14-,18-,19-,21-,22-,24-,25-,26-,27-/m0/s1. The molecule has 0 saturated heterocycles. The van der Waals surface area contributed by atoms with Gasteiger partial charge in [-0.25, -0.2) is 8.78 Å². The van der Waals surface area contributed by atoms with Crippen molar-refractivity contribution in [3.05, 3.63) is 44.6 Å². The lowest BCUT2D eigenvalue weighted by Gasteiger charge is -2.63. The van der Waals surface area contributed by atoms with Crippen molar-refractivity contribution in [3.63, 3.8) is 0 Å². The summed E-state index contributed by atoms with van der Waals surface area (Å²) in [6, 6.07) is 1.92. The largest absolute Gasteiger partial charge is 0.390 e. The molecule has 37 heavy (non-hydrogen) atoms. The molecule has 0 bridgehead atoms. The zero-order valence-electron chi connectivity index (χ0n) is 21.0. The van der Waals surface area contributed by atoms with Gasteiger partial charge >= 0.3 is 0 Å². The maximum atomic E-state index is 17.4. The van der Waals surface area contributed by atoms with Crippen molar-refractivity contribution < 1.29 is 33.7 Å². The fourth-order valence-electron chi connectivity index (χ4n) is 7.92. The van der Waals surface area contributed by atoms with Crippen molar-refractivity contribution in [2.75, 3.05) is 6.61 Å². The van der Waals surface area contributed by atoms with Crippen molar-refractivity contribution >= 4 is 38.8 Å². The van der Waals surface area contributed by atoms with Crippen molar-refractivity contribution in [2.24, 2.45) is 33.7 Å². The van der Waals surface area contributed by atoms with E-state index in [1.807, 2.05) is 11.4 Å². The fraction of sp³-hybridized carbons (Fsp3) is 0.630. The monoisotopic (exact) mass is 599 g/mol. The zero-order chi connectivity index (χ0) is 27.0. The summed E-state index contributed by atoms with van der Waals surface area (Å²) in [5.41, 5.74) is -6.22. The molecule has 1 aromatic heterocycles. The van der Waals surface area contributed by atoms with Crippen LogP contribution in [0.15, 0.2) is 44.9 Å². The van der Waals surface area contributed by atoms with Gasteiger partial charge < -0.3 is 20.2 Å². The van der Waals surface area contributed by atoms with Gasteiger partial charge in [0.15, 0.2) is 18.1 Å². The molecule has 9 atom stereocenters. The second-order valence-electron chi connectivity index (χ2n) is 11.5. The molecule has 6 nitrogen and oxygen atoms in total. The van der Waals surface area contributed by atoms with Crippen molar-refractivity contribution in [1.29, 1.82) is 0 Å². The highest BCUT2D eigenvalue weighted by molar-refractivity contribution is 9.10. The molecule has 4 aliphatic rings. The van der Waals surface area contributed by atoms with E-state index in [4.69, 9.17) is 4.84 Å². The van der Waals surface area contributed by atoms with Gasteiger partial charge in [0.25, 0.3) is 0 Å². The van der Waals surface area contributed by atoms with Crippen LogP contribution in [0.25, 0.3) is 0 Å². The van der Waals surface area contributed by atoms with E-state index in [1.165, 1.54) is 17.4 Å². The average molecular weight is 601 g/mol. The topological polar surface area (TPSA) is 99.4 Å². The van der Waals surface area contributed by atoms with E-state index in [0.717, 1.165) is 9.35 Å². The summed E-state index contributed by atoms with van der Waals surface area (Å²) >= 11 is 4.90. The first-order valence-electron chi connectivity index (χ1n) is 12.5. The smallest absolute Gasteiger partial charge is 0.190 e. The van der Waals surface area contributed by atoms with Crippen LogP contribution in [0.5, 0.6) is 0 Å². The summed E-state index contributed by atoms with van der Waals surface area (Å²) < 4.78 is 34.2. The number of aliphatic hydroxyl groups is 3. The minimum atomic E-state index is -2.22. The lowest BCUT2D eigenvalue weighted by atomic mass is 9.44. The predicted octanol–water partition coefficient (Wildman–Crippen LogP) is 4.67. The van der Waals surface area contributed by atoms with Gasteiger partial charge in [0, 0.05) is 31.5 Å². The van der Waals surface area contributed by atoms with Gasteiger partial charge in [-0.05, 0) is 77.7 Å². The molecule has 4 aliphatic carbocycles. The molecule has 3 N–H and O–H groups in total. The number of ketones is 1. The Morgan fingerprint density at radius 1 is 1.32 bits per heavy atom. The average Bonchev–Trinajstić information content (AvgIpc) is 3.35. The first kappa shape index (κ1) is 27.1. The third-order valence-corrected chi connectivity index (χ3v) is 11.5. The minimum Gasteiger partial charge on any atom is -0.390 e. The number of fused-ring (bicyclic) bond motifs is 5. The molecule has 5 rings (SSSR count).